The maximum atomic E-state index is 12.5. The average Bonchev–Trinajstić information content (AvgIpc) is 2.83. The lowest BCUT2D eigenvalue weighted by Crippen LogP contribution is -2.53. The van der Waals surface area contributed by atoms with E-state index in [2.05, 4.69) is 9.97 Å². The van der Waals surface area contributed by atoms with Gasteiger partial charge < -0.3 is 15.6 Å². The second-order valence-corrected chi connectivity index (χ2v) is 5.75. The Kier molecular flexibility index (Phi) is 8.31. The number of nitrogens with two attached hydrogens (primary N) is 1. The van der Waals surface area contributed by atoms with Crippen LogP contribution in [0.25, 0.3) is 0 Å². The van der Waals surface area contributed by atoms with Crippen LogP contribution in [0.2, 0.25) is 0 Å². The molecule has 1 heterocycles. The van der Waals surface area contributed by atoms with Crippen molar-refractivity contribution in [3.05, 3.63) is 53.6 Å². The summed E-state index contributed by atoms with van der Waals surface area (Å²) in [5.74, 6) is 0.666. The van der Waals surface area contributed by atoms with Crippen LogP contribution >= 0.6 is 24.8 Å². The fourth-order valence-electron chi connectivity index (χ4n) is 2.38. The second kappa shape index (κ2) is 8.91. The van der Waals surface area contributed by atoms with Crippen molar-refractivity contribution >= 4 is 30.7 Å². The molecule has 5 nitrogen and oxygen atoms in total. The summed E-state index contributed by atoms with van der Waals surface area (Å²) in [5.41, 5.74) is 7.33. The number of carbonyl (C=O) groups excluding carboxylic acids is 1. The van der Waals surface area contributed by atoms with Crippen LogP contribution < -0.4 is 5.73 Å². The first-order valence-electron chi connectivity index (χ1n) is 6.97. The monoisotopic (exact) mass is 358 g/mol. The zero-order valence-electron chi connectivity index (χ0n) is 13.6. The molecule has 0 saturated heterocycles. The third-order valence-corrected chi connectivity index (χ3v) is 3.39. The summed E-state index contributed by atoms with van der Waals surface area (Å²) in [7, 11) is 1.75. The predicted octanol–water partition coefficient (Wildman–Crippen LogP) is 2.48. The lowest BCUT2D eigenvalue weighted by Gasteiger charge is -2.29. The Hall–Kier alpha value is -1.56. The topological polar surface area (TPSA) is 75.0 Å². The van der Waals surface area contributed by atoms with E-state index in [0.717, 1.165) is 17.1 Å². The summed E-state index contributed by atoms with van der Waals surface area (Å²) in [6.45, 7) is 4.13. The summed E-state index contributed by atoms with van der Waals surface area (Å²) >= 11 is 0. The molecule has 0 saturated carbocycles. The van der Waals surface area contributed by atoms with Crippen LogP contribution in [0.4, 0.5) is 0 Å². The number of halogens is 2. The first kappa shape index (κ1) is 21.4. The van der Waals surface area contributed by atoms with Gasteiger partial charge in [0.25, 0.3) is 0 Å². The van der Waals surface area contributed by atoms with E-state index in [1.807, 2.05) is 37.3 Å². The van der Waals surface area contributed by atoms with Crippen molar-refractivity contribution < 1.29 is 4.79 Å². The van der Waals surface area contributed by atoms with Gasteiger partial charge in [-0.2, -0.15) is 0 Å². The number of aromatic nitrogens is 2. The van der Waals surface area contributed by atoms with Crippen LogP contribution in [0.15, 0.2) is 36.5 Å². The molecule has 1 aromatic heterocycles. The van der Waals surface area contributed by atoms with Crippen LogP contribution in [0.3, 0.4) is 0 Å². The number of hydrogen-bond acceptors (Lipinski definition) is 3. The van der Waals surface area contributed by atoms with E-state index < -0.39 is 5.54 Å². The van der Waals surface area contributed by atoms with Gasteiger partial charge in [-0.1, -0.05) is 30.3 Å². The normalized spacial score (nSPS) is 12.5. The molecular weight excluding hydrogens is 335 g/mol. The number of nitrogens with zero attached hydrogens (tertiary/aromatic N) is 2. The number of benzene rings is 1. The van der Waals surface area contributed by atoms with Gasteiger partial charge in [-0.15, -0.1) is 24.8 Å². The van der Waals surface area contributed by atoms with Crippen molar-refractivity contribution in [3.8, 4) is 0 Å². The SMILES string of the molecule is Cc1cnc(CN(C)C(=O)C(C)(N)Cc2ccccc2)[nH]1.Cl.Cl. The number of likely N-dealkylation sites (N-methyl/N-ethyl adjacent to an activating group) is 1. The highest BCUT2D eigenvalue weighted by Crippen LogP contribution is 2.14. The van der Waals surface area contributed by atoms with Crippen molar-refractivity contribution in [1.82, 2.24) is 14.9 Å². The van der Waals surface area contributed by atoms with Crippen LogP contribution in [0.1, 0.15) is 24.0 Å². The highest BCUT2D eigenvalue weighted by Gasteiger charge is 2.31. The van der Waals surface area contributed by atoms with Crippen LogP contribution in [0.5, 0.6) is 0 Å². The summed E-state index contributed by atoms with van der Waals surface area (Å²) in [4.78, 5) is 21.5. The van der Waals surface area contributed by atoms with Crippen molar-refractivity contribution in [2.24, 2.45) is 5.73 Å². The van der Waals surface area contributed by atoms with Crippen molar-refractivity contribution in [2.75, 3.05) is 7.05 Å². The highest BCUT2D eigenvalue weighted by atomic mass is 35.5. The first-order valence-corrected chi connectivity index (χ1v) is 6.97. The Labute approximate surface area is 149 Å². The lowest BCUT2D eigenvalue weighted by atomic mass is 9.92. The minimum absolute atomic E-state index is 0. The van der Waals surface area contributed by atoms with E-state index in [-0.39, 0.29) is 30.7 Å². The van der Waals surface area contributed by atoms with Crippen LogP contribution in [-0.2, 0) is 17.8 Å². The van der Waals surface area contributed by atoms with Crippen molar-refractivity contribution in [3.63, 3.8) is 0 Å². The van der Waals surface area contributed by atoms with Gasteiger partial charge in [0.05, 0.1) is 12.1 Å². The second-order valence-electron chi connectivity index (χ2n) is 5.75. The van der Waals surface area contributed by atoms with E-state index in [4.69, 9.17) is 5.73 Å². The molecule has 0 bridgehead atoms. The third-order valence-electron chi connectivity index (χ3n) is 3.39. The quantitative estimate of drug-likeness (QED) is 0.861. The zero-order chi connectivity index (χ0) is 15.5. The summed E-state index contributed by atoms with van der Waals surface area (Å²) in [6.07, 6.45) is 2.26. The maximum Gasteiger partial charge on any atom is 0.242 e. The predicted molar refractivity (Wildman–Crippen MR) is 97.0 cm³/mol. The van der Waals surface area contributed by atoms with Gasteiger partial charge in [-0.3, -0.25) is 4.79 Å². The van der Waals surface area contributed by atoms with E-state index in [9.17, 15) is 4.79 Å². The molecule has 2 aromatic rings. The van der Waals surface area contributed by atoms with Gasteiger partial charge in [0.1, 0.15) is 5.82 Å². The molecule has 0 radical (unpaired) electrons. The molecule has 2 rings (SSSR count). The van der Waals surface area contributed by atoms with Gasteiger partial charge in [0, 0.05) is 18.9 Å². The third kappa shape index (κ3) is 5.86. The molecule has 0 fully saturated rings. The number of carbonyl (C=O) groups is 1. The van der Waals surface area contributed by atoms with Gasteiger partial charge in [-0.25, -0.2) is 4.98 Å². The molecule has 7 heteroatoms. The fraction of sp³-hybridized carbons (Fsp3) is 0.375. The van der Waals surface area contributed by atoms with E-state index >= 15 is 0 Å². The number of amides is 1. The smallest absolute Gasteiger partial charge is 0.242 e. The number of imidazole rings is 1. The number of aryl methyl sites for hydroxylation is 1. The van der Waals surface area contributed by atoms with Crippen LogP contribution in [-0.4, -0.2) is 33.4 Å². The van der Waals surface area contributed by atoms with Crippen LogP contribution in [0, 0.1) is 6.92 Å². The molecular formula is C16H24Cl2N4O. The molecule has 0 spiro atoms. The van der Waals surface area contributed by atoms with Gasteiger partial charge in [0.2, 0.25) is 5.91 Å². The molecule has 0 aliphatic carbocycles. The Morgan fingerprint density at radius 2 is 1.91 bits per heavy atom. The molecule has 1 atom stereocenters. The van der Waals surface area contributed by atoms with E-state index in [1.54, 1.807) is 25.1 Å². The average molecular weight is 359 g/mol. The lowest BCUT2D eigenvalue weighted by molar-refractivity contribution is -0.135. The molecule has 1 amide bonds. The van der Waals surface area contributed by atoms with Gasteiger partial charge in [-0.05, 0) is 25.8 Å². The minimum atomic E-state index is -0.933. The number of rotatable bonds is 5. The Morgan fingerprint density at radius 1 is 1.30 bits per heavy atom. The molecule has 3 N–H and O–H groups in total. The fourth-order valence-corrected chi connectivity index (χ4v) is 2.38. The molecule has 0 aliphatic heterocycles. The Balaban J connectivity index is 0.00000242. The number of hydrogen-bond donors (Lipinski definition) is 2. The number of nitrogens with one attached hydrogen (secondary N) is 1. The van der Waals surface area contributed by atoms with E-state index in [0.29, 0.717) is 13.0 Å². The Bertz CT molecular complexity index is 614. The largest absolute Gasteiger partial charge is 0.345 e. The summed E-state index contributed by atoms with van der Waals surface area (Å²) in [6, 6.07) is 9.81. The molecule has 1 aromatic carbocycles. The standard InChI is InChI=1S/C16H22N4O.2ClH/c1-12-10-18-14(19-12)11-20(3)15(21)16(2,17)9-13-7-5-4-6-8-13;;/h4-8,10H,9,11,17H2,1-3H3,(H,18,19);2*1H. The Morgan fingerprint density at radius 3 is 2.43 bits per heavy atom. The maximum absolute atomic E-state index is 12.5. The van der Waals surface area contributed by atoms with E-state index in [1.165, 1.54) is 0 Å². The first-order chi connectivity index (χ1) is 9.88. The van der Waals surface area contributed by atoms with Crippen molar-refractivity contribution in [2.45, 2.75) is 32.4 Å². The number of aromatic amines is 1. The minimum Gasteiger partial charge on any atom is -0.345 e. The summed E-state index contributed by atoms with van der Waals surface area (Å²) < 4.78 is 0. The zero-order valence-corrected chi connectivity index (χ0v) is 15.2. The van der Waals surface area contributed by atoms with Gasteiger partial charge in [0.15, 0.2) is 0 Å². The van der Waals surface area contributed by atoms with Crippen molar-refractivity contribution in [1.29, 1.82) is 0 Å². The summed E-state index contributed by atoms with van der Waals surface area (Å²) in [5, 5.41) is 0. The van der Waals surface area contributed by atoms with Gasteiger partial charge >= 0.3 is 0 Å². The molecule has 23 heavy (non-hydrogen) atoms. The molecule has 1 unspecified atom stereocenters. The highest BCUT2D eigenvalue weighted by molar-refractivity contribution is 5.86. The number of H-pyrrole nitrogens is 1. The molecule has 128 valence electrons. The molecule has 0 aliphatic rings.